The number of likely N-dealkylation sites (tertiary alicyclic amines) is 1. The fourth-order valence-electron chi connectivity index (χ4n) is 2.50. The maximum absolute atomic E-state index is 12.5. The summed E-state index contributed by atoms with van der Waals surface area (Å²) in [6.45, 7) is 2.74. The number of carbonyl (C=O) groups is 2. The fraction of sp³-hybridized carbons (Fsp3) is 0.538. The SMILES string of the molecule is CCCn1cc(Br)cc1C(=O)N1C[C@H](O)C[C@@H]1C(=O)O. The van der Waals surface area contributed by atoms with Gasteiger partial charge < -0.3 is 19.7 Å². The van der Waals surface area contributed by atoms with Crippen molar-refractivity contribution in [3.63, 3.8) is 0 Å². The molecule has 0 radical (unpaired) electrons. The van der Waals surface area contributed by atoms with Gasteiger partial charge in [0, 0.05) is 30.2 Å². The lowest BCUT2D eigenvalue weighted by Gasteiger charge is -2.21. The summed E-state index contributed by atoms with van der Waals surface area (Å²) in [6.07, 6.45) is 1.97. The summed E-state index contributed by atoms with van der Waals surface area (Å²) in [5.41, 5.74) is 0.444. The van der Waals surface area contributed by atoms with Gasteiger partial charge in [-0.1, -0.05) is 6.92 Å². The van der Waals surface area contributed by atoms with Gasteiger partial charge >= 0.3 is 5.97 Å². The Morgan fingerprint density at radius 3 is 2.80 bits per heavy atom. The predicted molar refractivity (Wildman–Crippen MR) is 75.5 cm³/mol. The summed E-state index contributed by atoms with van der Waals surface area (Å²) in [5.74, 6) is -1.43. The quantitative estimate of drug-likeness (QED) is 0.862. The Kier molecular flexibility index (Phi) is 4.49. The highest BCUT2D eigenvalue weighted by atomic mass is 79.9. The first-order chi connectivity index (χ1) is 9.43. The summed E-state index contributed by atoms with van der Waals surface area (Å²) < 4.78 is 2.58. The van der Waals surface area contributed by atoms with Crippen LogP contribution in [-0.4, -0.2) is 50.2 Å². The number of aliphatic carboxylic acids is 1. The van der Waals surface area contributed by atoms with Gasteiger partial charge in [0.2, 0.25) is 0 Å². The molecule has 1 aliphatic heterocycles. The van der Waals surface area contributed by atoms with E-state index in [4.69, 9.17) is 5.11 Å². The number of hydrogen-bond acceptors (Lipinski definition) is 3. The number of aliphatic hydroxyl groups excluding tert-OH is 1. The molecule has 2 heterocycles. The Balaban J connectivity index is 2.28. The van der Waals surface area contributed by atoms with Crippen LogP contribution in [0, 0.1) is 0 Å². The van der Waals surface area contributed by atoms with Crippen LogP contribution in [0.1, 0.15) is 30.3 Å². The number of aromatic nitrogens is 1. The van der Waals surface area contributed by atoms with Crippen molar-refractivity contribution >= 4 is 27.8 Å². The lowest BCUT2D eigenvalue weighted by molar-refractivity contribution is -0.141. The molecule has 1 amide bonds. The summed E-state index contributed by atoms with van der Waals surface area (Å²) in [6, 6.07) is 0.725. The maximum atomic E-state index is 12.5. The molecule has 1 aliphatic rings. The van der Waals surface area contributed by atoms with Crippen LogP contribution in [0.25, 0.3) is 0 Å². The second-order valence-electron chi connectivity index (χ2n) is 4.94. The summed E-state index contributed by atoms with van der Waals surface area (Å²) in [5, 5.41) is 18.8. The van der Waals surface area contributed by atoms with E-state index in [-0.39, 0.29) is 18.9 Å². The largest absolute Gasteiger partial charge is 0.480 e. The number of carboxylic acids is 1. The molecule has 1 saturated heterocycles. The van der Waals surface area contributed by atoms with Gasteiger partial charge in [-0.05, 0) is 28.4 Å². The first kappa shape index (κ1) is 15.1. The van der Waals surface area contributed by atoms with Gasteiger partial charge in [0.05, 0.1) is 6.10 Å². The molecule has 1 aromatic rings. The smallest absolute Gasteiger partial charge is 0.326 e. The van der Waals surface area contributed by atoms with Crippen LogP contribution >= 0.6 is 15.9 Å². The minimum Gasteiger partial charge on any atom is -0.480 e. The molecule has 0 bridgehead atoms. The fourth-order valence-corrected chi connectivity index (χ4v) is 2.96. The predicted octanol–water partition coefficient (Wildman–Crippen LogP) is 1.32. The first-order valence-corrected chi connectivity index (χ1v) is 7.30. The third kappa shape index (κ3) is 2.88. The Labute approximate surface area is 125 Å². The molecule has 20 heavy (non-hydrogen) atoms. The zero-order valence-corrected chi connectivity index (χ0v) is 12.7. The number of halogens is 1. The normalized spacial score (nSPS) is 22.2. The molecular weight excluding hydrogens is 328 g/mol. The van der Waals surface area contributed by atoms with Crippen molar-refractivity contribution < 1.29 is 19.8 Å². The minimum absolute atomic E-state index is 0.0602. The van der Waals surface area contributed by atoms with Gasteiger partial charge in [0.1, 0.15) is 11.7 Å². The van der Waals surface area contributed by atoms with Crippen molar-refractivity contribution in [2.75, 3.05) is 6.54 Å². The van der Waals surface area contributed by atoms with Crippen LogP contribution in [0.5, 0.6) is 0 Å². The van der Waals surface area contributed by atoms with E-state index in [1.54, 1.807) is 16.8 Å². The van der Waals surface area contributed by atoms with Gasteiger partial charge in [-0.25, -0.2) is 4.79 Å². The van der Waals surface area contributed by atoms with E-state index in [2.05, 4.69) is 15.9 Å². The molecule has 6 nitrogen and oxygen atoms in total. The molecule has 0 unspecified atom stereocenters. The van der Waals surface area contributed by atoms with E-state index in [0.29, 0.717) is 12.2 Å². The van der Waals surface area contributed by atoms with E-state index in [1.165, 1.54) is 4.90 Å². The summed E-state index contributed by atoms with van der Waals surface area (Å²) in [7, 11) is 0. The zero-order chi connectivity index (χ0) is 14.9. The highest BCUT2D eigenvalue weighted by Crippen LogP contribution is 2.23. The van der Waals surface area contributed by atoms with Crippen LogP contribution in [0.2, 0.25) is 0 Å². The molecule has 0 saturated carbocycles. The van der Waals surface area contributed by atoms with Crippen molar-refractivity contribution in [3.05, 3.63) is 22.4 Å². The molecule has 2 atom stereocenters. The van der Waals surface area contributed by atoms with E-state index in [9.17, 15) is 14.7 Å². The van der Waals surface area contributed by atoms with Crippen LogP contribution < -0.4 is 0 Å². The molecular formula is C13H17BrN2O4. The zero-order valence-electron chi connectivity index (χ0n) is 11.1. The molecule has 1 fully saturated rings. The lowest BCUT2D eigenvalue weighted by Crippen LogP contribution is -2.41. The number of nitrogens with zero attached hydrogens (tertiary/aromatic N) is 2. The molecule has 7 heteroatoms. The molecule has 0 spiro atoms. The average Bonchev–Trinajstić information content (AvgIpc) is 2.92. The summed E-state index contributed by atoms with van der Waals surface area (Å²) >= 11 is 3.33. The molecule has 110 valence electrons. The van der Waals surface area contributed by atoms with Crippen LogP contribution in [0.15, 0.2) is 16.7 Å². The standard InChI is InChI=1S/C13H17BrN2O4/c1-2-3-15-6-8(14)4-10(15)12(18)16-7-9(17)5-11(16)13(19)20/h4,6,9,11,17H,2-3,5,7H2,1H3,(H,19,20)/t9-,11-/m1/s1. The van der Waals surface area contributed by atoms with Gasteiger partial charge in [-0.3, -0.25) is 4.79 Å². The van der Waals surface area contributed by atoms with Crippen LogP contribution in [0.4, 0.5) is 0 Å². The van der Waals surface area contributed by atoms with E-state index < -0.39 is 18.1 Å². The molecule has 2 rings (SSSR count). The van der Waals surface area contributed by atoms with Crippen molar-refractivity contribution in [1.29, 1.82) is 0 Å². The Morgan fingerprint density at radius 1 is 1.50 bits per heavy atom. The number of carboxylic acid groups (broad SMARTS) is 1. The van der Waals surface area contributed by atoms with Gasteiger partial charge in [0.15, 0.2) is 0 Å². The van der Waals surface area contributed by atoms with E-state index in [1.807, 2.05) is 6.92 Å². The second kappa shape index (κ2) is 5.97. The van der Waals surface area contributed by atoms with Crippen molar-refractivity contribution in [3.8, 4) is 0 Å². The number of carbonyl (C=O) groups excluding carboxylic acids is 1. The number of aryl methyl sites for hydroxylation is 1. The first-order valence-electron chi connectivity index (χ1n) is 6.51. The van der Waals surface area contributed by atoms with Crippen molar-refractivity contribution in [2.45, 2.75) is 38.5 Å². The molecule has 1 aromatic heterocycles. The van der Waals surface area contributed by atoms with E-state index in [0.717, 1.165) is 10.9 Å². The van der Waals surface area contributed by atoms with Gasteiger partial charge in [-0.15, -0.1) is 0 Å². The topological polar surface area (TPSA) is 82.8 Å². The monoisotopic (exact) mass is 344 g/mol. The lowest BCUT2D eigenvalue weighted by atomic mass is 10.2. The molecule has 2 N–H and O–H groups in total. The second-order valence-corrected chi connectivity index (χ2v) is 5.85. The number of amides is 1. The minimum atomic E-state index is -1.08. The third-order valence-corrected chi connectivity index (χ3v) is 3.81. The molecule has 0 aromatic carbocycles. The highest BCUT2D eigenvalue weighted by Gasteiger charge is 2.40. The summed E-state index contributed by atoms with van der Waals surface area (Å²) in [4.78, 5) is 25.0. The molecule has 0 aliphatic carbocycles. The number of β-amino-alcohol motifs (C(OH)–C–C–N with tert-alkyl or cyclic N) is 1. The Hall–Kier alpha value is -1.34. The third-order valence-electron chi connectivity index (χ3n) is 3.37. The highest BCUT2D eigenvalue weighted by molar-refractivity contribution is 9.10. The van der Waals surface area contributed by atoms with Gasteiger partial charge in [-0.2, -0.15) is 0 Å². The van der Waals surface area contributed by atoms with Gasteiger partial charge in [0.25, 0.3) is 5.91 Å². The van der Waals surface area contributed by atoms with Crippen LogP contribution in [0.3, 0.4) is 0 Å². The number of aliphatic hydroxyl groups is 1. The average molecular weight is 345 g/mol. The Morgan fingerprint density at radius 2 is 2.20 bits per heavy atom. The van der Waals surface area contributed by atoms with Crippen molar-refractivity contribution in [1.82, 2.24) is 9.47 Å². The van der Waals surface area contributed by atoms with Crippen LogP contribution in [-0.2, 0) is 11.3 Å². The Bertz CT molecular complexity index is 528. The van der Waals surface area contributed by atoms with E-state index >= 15 is 0 Å². The number of rotatable bonds is 4. The number of hydrogen-bond donors (Lipinski definition) is 2. The van der Waals surface area contributed by atoms with Crippen molar-refractivity contribution in [2.24, 2.45) is 0 Å². The maximum Gasteiger partial charge on any atom is 0.326 e.